The number of amides is 2. The molecule has 28 atom stereocenters. The second-order valence-corrected chi connectivity index (χ2v) is 41.6. The molecule has 1 aromatic rings. The average molecular weight is 1840 g/mol. The number of nitrogens with one attached hydrogen (secondary N) is 2. The number of aliphatic hydroxyl groups is 3. The fourth-order valence-corrected chi connectivity index (χ4v) is 16.9. The Morgan fingerprint density at radius 3 is 1.23 bits per heavy atom. The van der Waals surface area contributed by atoms with Crippen LogP contribution in [0.15, 0.2) is 132 Å². The first kappa shape index (κ1) is 110. The van der Waals surface area contributed by atoms with Crippen LogP contribution in [0, 0.1) is 110 Å². The summed E-state index contributed by atoms with van der Waals surface area (Å²) in [5.41, 5.74) is 0.273. The van der Waals surface area contributed by atoms with E-state index in [2.05, 4.69) is 124 Å². The topological polar surface area (TPSA) is 333 Å². The summed E-state index contributed by atoms with van der Waals surface area (Å²) in [6, 6.07) is 5.26. The van der Waals surface area contributed by atoms with Crippen LogP contribution in [0.5, 0.6) is 5.75 Å². The minimum Gasteiger partial charge on any atom is -0.457 e. The van der Waals surface area contributed by atoms with Crippen molar-refractivity contribution in [2.75, 3.05) is 13.1 Å². The van der Waals surface area contributed by atoms with Crippen LogP contribution in [0.1, 0.15) is 293 Å². The molecule has 6 heterocycles. The van der Waals surface area contributed by atoms with E-state index in [0.717, 1.165) is 61.7 Å². The Hall–Kier alpha value is -7.74. The third-order valence-electron chi connectivity index (χ3n) is 27.3. The molecule has 0 radical (unpaired) electrons. The Morgan fingerprint density at radius 2 is 0.870 bits per heavy atom. The highest BCUT2D eigenvalue weighted by Gasteiger charge is 2.48. The first-order chi connectivity index (χ1) is 62.0. The van der Waals surface area contributed by atoms with Crippen molar-refractivity contribution in [3.63, 3.8) is 0 Å². The smallest absolute Gasteiger partial charge is 0.457 e. The lowest BCUT2D eigenvalue weighted by Crippen LogP contribution is -2.44. The van der Waals surface area contributed by atoms with Crippen molar-refractivity contribution < 1.29 is 99.1 Å². The van der Waals surface area contributed by atoms with E-state index < -0.39 is 94.8 Å². The normalized spacial score (nSPS) is 32.1. The predicted octanol–water partition coefficient (Wildman–Crippen LogP) is 22.9. The summed E-state index contributed by atoms with van der Waals surface area (Å²) in [6.07, 6.45) is 33.5. The van der Waals surface area contributed by atoms with Crippen molar-refractivity contribution in [2.24, 2.45) is 99.6 Å². The van der Waals surface area contributed by atoms with Crippen molar-refractivity contribution in [1.29, 1.82) is 0 Å². The maximum absolute atomic E-state index is 13.0. The molecule has 24 heteroatoms. The van der Waals surface area contributed by atoms with Gasteiger partial charge in [-0.3, -0.25) is 24.5 Å². The number of hydrogen-bond donors (Lipinski definition) is 5. The molecule has 28 unspecified atom stereocenters. The maximum atomic E-state index is 13.0. The lowest BCUT2D eigenvalue weighted by Gasteiger charge is -2.34. The molecule has 1 aromatic carbocycles. The van der Waals surface area contributed by atoms with E-state index in [0.29, 0.717) is 85.6 Å². The van der Waals surface area contributed by atoms with Crippen LogP contribution >= 0.6 is 0 Å². The van der Waals surface area contributed by atoms with Crippen molar-refractivity contribution in [3.8, 4) is 5.75 Å². The number of epoxide rings is 3. The Morgan fingerprint density at radius 1 is 0.519 bits per heavy atom. The van der Waals surface area contributed by atoms with E-state index in [-0.39, 0.29) is 121 Å². The first-order valence-electron chi connectivity index (χ1n) is 49.7. The minimum atomic E-state index is -1.51. The number of alkyl carbamates (subject to hydrolysis) is 2. The number of nitro benzene ring substituents is 1. The van der Waals surface area contributed by atoms with E-state index in [4.69, 9.17) is 50.1 Å². The molecule has 24 nitrogen and oxygen atoms in total. The molecule has 6 aliphatic heterocycles. The average Bonchev–Trinajstić information content (AvgIpc) is 1.67. The Labute approximate surface area is 789 Å². The van der Waals surface area contributed by atoms with Gasteiger partial charge in [-0.25, -0.2) is 14.4 Å². The largest absolute Gasteiger partial charge is 0.514 e. The number of allylic oxidation sites excluding steroid dienone is 9. The van der Waals surface area contributed by atoms with Crippen molar-refractivity contribution in [3.05, 3.63) is 142 Å². The Balaban J connectivity index is 0.000000353. The zero-order chi connectivity index (χ0) is 100.0. The van der Waals surface area contributed by atoms with Crippen LogP contribution in [0.4, 0.5) is 20.1 Å². The number of benzene rings is 1. The fourth-order valence-electron chi connectivity index (χ4n) is 16.9. The molecular formula is C107H171N3O21. The zero-order valence-corrected chi connectivity index (χ0v) is 84.7. The first-order valence-corrected chi connectivity index (χ1v) is 48.7. The number of carbonyl (C=O) groups is 6. The van der Waals surface area contributed by atoms with Gasteiger partial charge in [0.25, 0.3) is 5.69 Å². The van der Waals surface area contributed by atoms with Gasteiger partial charge in [-0.05, 0) is 204 Å². The van der Waals surface area contributed by atoms with Gasteiger partial charge in [-0.1, -0.05) is 252 Å². The molecule has 7 rings (SSSR count). The molecular weight excluding hydrogens is 1660 g/mol. The number of ether oxygens (including phenoxy) is 10. The summed E-state index contributed by atoms with van der Waals surface area (Å²) >= 11 is 0. The van der Waals surface area contributed by atoms with Gasteiger partial charge >= 0.3 is 36.2 Å². The quantitative estimate of drug-likeness (QED) is 0.00638. The molecule has 2 amide bonds. The molecule has 3 fully saturated rings. The zero-order valence-electron chi connectivity index (χ0n) is 86.7. The molecule has 6 aliphatic rings. The van der Waals surface area contributed by atoms with E-state index in [1.165, 1.54) is 37.6 Å². The maximum Gasteiger partial charge on any atom is 0.514 e. The van der Waals surface area contributed by atoms with Crippen LogP contribution < -0.4 is 15.4 Å². The molecule has 740 valence electrons. The van der Waals surface area contributed by atoms with Crippen LogP contribution in [0.2, 0.25) is 0 Å². The summed E-state index contributed by atoms with van der Waals surface area (Å²) in [4.78, 5) is 87.2. The second kappa shape index (κ2) is 54.7. The van der Waals surface area contributed by atoms with Gasteiger partial charge in [0.15, 0.2) is 6.10 Å². The second-order valence-electron chi connectivity index (χ2n) is 41.6. The van der Waals surface area contributed by atoms with Gasteiger partial charge in [0.05, 0.1) is 60.2 Å². The summed E-state index contributed by atoms with van der Waals surface area (Å²) < 4.78 is 74.4. The monoisotopic (exact) mass is 1840 g/mol. The number of carbonyl (C=O) groups excluding carboxylic acids is 6. The van der Waals surface area contributed by atoms with Gasteiger partial charge in [0.2, 0.25) is 0 Å². The fraction of sp³-hybridized carbons (Fsp3) is 0.720. The van der Waals surface area contributed by atoms with Crippen molar-refractivity contribution >= 4 is 41.9 Å². The third kappa shape index (κ3) is 40.4. The van der Waals surface area contributed by atoms with Crippen LogP contribution in [0.25, 0.3) is 0 Å². The van der Waals surface area contributed by atoms with Crippen molar-refractivity contribution in [2.45, 2.75) is 381 Å². The van der Waals surface area contributed by atoms with E-state index in [9.17, 15) is 54.2 Å². The lowest BCUT2D eigenvalue weighted by atomic mass is 9.78. The molecule has 0 saturated carbocycles. The molecule has 0 bridgehead atoms. The van der Waals surface area contributed by atoms with E-state index >= 15 is 0 Å². The number of nitrogens with zero attached hydrogens (tertiary/aromatic N) is 1. The molecule has 5 N–H and O–H groups in total. The van der Waals surface area contributed by atoms with Gasteiger partial charge < -0.3 is 73.3 Å². The Kier molecular flexibility index (Phi) is 46.1. The van der Waals surface area contributed by atoms with Crippen LogP contribution in [-0.4, -0.2) is 161 Å². The highest BCUT2D eigenvalue weighted by molar-refractivity contribution is 5.72. The minimum absolute atomic E-state index is 0.0725. The standard InChI is InChI=1S/C38H55NO8.C36H61NO5.C33H55NO8/c1-10-26(4)29(7)36-32(45-36)22-24(2)12-11-13-27(5)35-28(6)14-19-33(38(8,9)21-20-25(3)23-34(40)47-35)46-37(41)44-31-17-15-30(16-18-31)39(42)43;1-12-26(6)29(9)34-30(40-34)20-24(4)14-13-15-27(7)33-28(8)16-17-31(41-35(39)37-22-23(2)3)36(10,11)19-18-25(5)21-32(38)42-33;1-9-26(36)24(7)31-27(40-31)17-21(4)11-10-12-22(5)30-23(6)13-14-28(41-32(38)34-19-20(2)3)33(8,39)16-15-25(35)18-29(37)42-30/h11-19,24-26,28-29,32-33,35-36H,10,20-23H2,1-9H3;13-17,23-26,28-31,33-34H,12,18-22H2,1-11H3,(H,37,39);10-14,20-21,23-28,30-31,35-36,39H,9,15-19H2,1-8H3,(H,34,38)/b12-11+,19-14+,27-13+;14-13+,17-16+,27-15+;11-10+,14-13+,22-12+/i;23T;20T. The number of cyclic esters (lactones) is 3. The summed E-state index contributed by atoms with van der Waals surface area (Å²) in [6.45, 7) is 56.9. The SMILES string of the molecule is CCC(C)C(C)C1OC1CC(C)/C=C/C=C(\C)C1OC(=O)CC(C)CCC(C)(C)C(OC(=O)Oc2ccc([N+](=O)[O-])cc2)/C=C/C1C.[3H]C(C)(C)CNC(=O)OC1/C=C/C(C)C(/C(C)=C/C=C/C(C)CC2OC2C(C)C(C)CC)OC(=O)CC(C)CCC1(C)C.[3H]C(C)(C)CNC(=O)OC1/C=C/C(C)C(/C(C)=C/C=C/C(C)CC2OC2C(C)C(O)CC)OC(=O)CC(O)CCC1(C)O. The number of nitro groups is 1. The number of aliphatic hydroxyl groups excluding tert-OH is 2. The van der Waals surface area contributed by atoms with Crippen molar-refractivity contribution in [1.82, 2.24) is 10.6 Å². The number of non-ortho nitro benzene ring substituents is 1. The van der Waals surface area contributed by atoms with Gasteiger partial charge in [0, 0.05) is 75.3 Å². The van der Waals surface area contributed by atoms with Crippen LogP contribution in [0.3, 0.4) is 0 Å². The highest BCUT2D eigenvalue weighted by Crippen LogP contribution is 2.43. The molecule has 0 aliphatic carbocycles. The summed E-state index contributed by atoms with van der Waals surface area (Å²) in [5.74, 6) is 0.641. The third-order valence-corrected chi connectivity index (χ3v) is 27.3. The highest BCUT2D eigenvalue weighted by atomic mass is 16.7. The number of rotatable bonds is 33. The van der Waals surface area contributed by atoms with Gasteiger partial charge in [-0.2, -0.15) is 0 Å². The molecule has 0 spiro atoms. The lowest BCUT2D eigenvalue weighted by molar-refractivity contribution is -0.384. The molecule has 0 aromatic heterocycles. The summed E-state index contributed by atoms with van der Waals surface area (Å²) in [5, 5.41) is 48.0. The summed E-state index contributed by atoms with van der Waals surface area (Å²) in [7, 11) is 0. The van der Waals surface area contributed by atoms with Crippen LogP contribution in [-0.2, 0) is 57.0 Å². The molecule has 131 heavy (non-hydrogen) atoms. The van der Waals surface area contributed by atoms with E-state index in [1.54, 1.807) is 39.8 Å². The van der Waals surface area contributed by atoms with Gasteiger partial charge in [0.1, 0.15) is 41.9 Å². The van der Waals surface area contributed by atoms with Gasteiger partial charge in [-0.15, -0.1) is 0 Å². The number of esters is 3. The molecule has 3 saturated heterocycles. The predicted molar refractivity (Wildman–Crippen MR) is 518 cm³/mol. The Bertz CT molecular complexity index is 3950. The van der Waals surface area contributed by atoms with E-state index in [1.807, 2.05) is 125 Å². The number of hydrogen-bond acceptors (Lipinski definition) is 21.